The molecule has 9 heteroatoms. The Morgan fingerprint density at radius 3 is 2.15 bits per heavy atom. The summed E-state index contributed by atoms with van der Waals surface area (Å²) in [6.07, 6.45) is -4.60. The minimum Gasteiger partial charge on any atom is -0.389 e. The van der Waals surface area contributed by atoms with Gasteiger partial charge in [-0.3, -0.25) is 4.79 Å². The van der Waals surface area contributed by atoms with Crippen LogP contribution in [0.25, 0.3) is 0 Å². The lowest BCUT2D eigenvalue weighted by molar-refractivity contribution is -0.189. The highest BCUT2D eigenvalue weighted by Crippen LogP contribution is 2.42. The van der Waals surface area contributed by atoms with E-state index in [1.54, 1.807) is 0 Å². The van der Waals surface area contributed by atoms with E-state index in [-0.39, 0.29) is 24.3 Å². The first-order valence-electron chi connectivity index (χ1n) is 8.60. The second kappa shape index (κ2) is 10.6. The van der Waals surface area contributed by atoms with Crippen LogP contribution in [0.1, 0.15) is 35.7 Å². The molecule has 0 aromatic heterocycles. The largest absolute Gasteiger partial charge is 0.398 e. The number of hydrogen-bond acceptors (Lipinski definition) is 5. The molecule has 0 spiro atoms. The minimum atomic E-state index is -4.60. The first-order valence-corrected chi connectivity index (χ1v) is 8.60. The van der Waals surface area contributed by atoms with Gasteiger partial charge in [0, 0.05) is 18.7 Å². The maximum absolute atomic E-state index is 13.2. The summed E-state index contributed by atoms with van der Waals surface area (Å²) >= 11 is 0. The lowest BCUT2D eigenvalue weighted by Crippen LogP contribution is -2.39. The quantitative estimate of drug-likeness (QED) is 0.500. The predicted molar refractivity (Wildman–Crippen MR) is 94.6 cm³/mol. The molecule has 1 unspecified atom stereocenters. The average molecular weight is 392 g/mol. The fourth-order valence-electron chi connectivity index (χ4n) is 2.57. The molecule has 0 aliphatic carbocycles. The van der Waals surface area contributed by atoms with Gasteiger partial charge in [0.1, 0.15) is 5.92 Å². The van der Waals surface area contributed by atoms with Gasteiger partial charge < -0.3 is 25.6 Å². The Bertz CT molecular complexity index is 557. The van der Waals surface area contributed by atoms with E-state index in [0.29, 0.717) is 26.4 Å². The molecule has 1 aromatic rings. The summed E-state index contributed by atoms with van der Waals surface area (Å²) < 4.78 is 50.1. The Kier molecular flexibility index (Phi) is 9.17. The smallest absolute Gasteiger partial charge is 0.389 e. The summed E-state index contributed by atoms with van der Waals surface area (Å²) in [6.45, 7) is 4.43. The molecular formula is C18H27F3N2O4. The summed E-state index contributed by atoms with van der Waals surface area (Å²) in [4.78, 5) is 12.0. The first kappa shape index (κ1) is 23.4. The lowest BCUT2D eigenvalue weighted by Gasteiger charge is -2.31. The molecule has 0 bridgehead atoms. The van der Waals surface area contributed by atoms with Crippen LogP contribution in [0.3, 0.4) is 0 Å². The maximum atomic E-state index is 13.2. The fourth-order valence-corrected chi connectivity index (χ4v) is 2.57. The summed E-state index contributed by atoms with van der Waals surface area (Å²) in [7, 11) is 0. The van der Waals surface area contributed by atoms with Crippen LogP contribution in [0.2, 0.25) is 0 Å². The van der Waals surface area contributed by atoms with Crippen molar-refractivity contribution in [1.29, 1.82) is 0 Å². The molecule has 4 N–H and O–H groups in total. The molecule has 1 amide bonds. The highest BCUT2D eigenvalue weighted by molar-refractivity contribution is 5.94. The van der Waals surface area contributed by atoms with Crippen molar-refractivity contribution in [1.82, 2.24) is 5.32 Å². The third-order valence-corrected chi connectivity index (χ3v) is 3.71. The third kappa shape index (κ3) is 8.25. The SMILES string of the molecule is CC(C)(O)C(c1ccc(C(=O)NCCOCCOCCN)cc1)C(F)(F)F. The summed E-state index contributed by atoms with van der Waals surface area (Å²) in [5.41, 5.74) is 3.41. The van der Waals surface area contributed by atoms with Crippen LogP contribution in [0.15, 0.2) is 24.3 Å². The number of nitrogens with two attached hydrogens (primary N) is 1. The van der Waals surface area contributed by atoms with Crippen LogP contribution < -0.4 is 11.1 Å². The average Bonchev–Trinajstić information content (AvgIpc) is 2.55. The van der Waals surface area contributed by atoms with E-state index >= 15 is 0 Å². The summed E-state index contributed by atoms with van der Waals surface area (Å²) in [6, 6.07) is 5.01. The molecule has 0 aliphatic rings. The molecule has 0 radical (unpaired) electrons. The minimum absolute atomic E-state index is 0.104. The highest BCUT2D eigenvalue weighted by Gasteiger charge is 2.49. The van der Waals surface area contributed by atoms with Crippen molar-refractivity contribution in [3.8, 4) is 0 Å². The van der Waals surface area contributed by atoms with E-state index in [2.05, 4.69) is 5.32 Å². The molecule has 6 nitrogen and oxygen atoms in total. The standard InChI is InChI=1S/C18H27F3N2O4/c1-17(2,25)15(18(19,20)21)13-3-5-14(6-4-13)16(24)23-8-10-27-12-11-26-9-7-22/h3-6,15,25H,7-12,22H2,1-2H3,(H,23,24). The van der Waals surface area contributed by atoms with Crippen LogP contribution in [0.5, 0.6) is 0 Å². The molecule has 0 fully saturated rings. The zero-order valence-electron chi connectivity index (χ0n) is 15.5. The number of benzene rings is 1. The fraction of sp³-hybridized carbons (Fsp3) is 0.611. The third-order valence-electron chi connectivity index (χ3n) is 3.71. The van der Waals surface area contributed by atoms with Gasteiger partial charge in [-0.15, -0.1) is 0 Å². The van der Waals surface area contributed by atoms with Gasteiger partial charge in [0.05, 0.1) is 32.0 Å². The number of ether oxygens (including phenoxy) is 2. The second-order valence-corrected chi connectivity index (χ2v) is 6.52. The zero-order chi connectivity index (χ0) is 20.5. The van der Waals surface area contributed by atoms with Crippen LogP contribution in [-0.4, -0.2) is 62.3 Å². The molecule has 27 heavy (non-hydrogen) atoms. The van der Waals surface area contributed by atoms with Crippen molar-refractivity contribution in [2.75, 3.05) is 39.5 Å². The number of amides is 1. The number of hydrogen-bond donors (Lipinski definition) is 3. The Labute approximate surface area is 156 Å². The molecule has 0 aliphatic heterocycles. The van der Waals surface area contributed by atoms with Gasteiger partial charge in [0.25, 0.3) is 5.91 Å². The van der Waals surface area contributed by atoms with Crippen molar-refractivity contribution < 1.29 is 32.5 Å². The molecule has 0 heterocycles. The summed E-state index contributed by atoms with van der Waals surface area (Å²) in [5.74, 6) is -2.46. The van der Waals surface area contributed by atoms with Gasteiger partial charge in [-0.05, 0) is 31.5 Å². The number of nitrogens with one attached hydrogen (secondary N) is 1. The highest BCUT2D eigenvalue weighted by atomic mass is 19.4. The number of aliphatic hydroxyl groups is 1. The summed E-state index contributed by atoms with van der Waals surface area (Å²) in [5, 5.41) is 12.5. The topological polar surface area (TPSA) is 93.8 Å². The van der Waals surface area contributed by atoms with Crippen LogP contribution in [-0.2, 0) is 9.47 Å². The van der Waals surface area contributed by atoms with Gasteiger partial charge in [-0.25, -0.2) is 0 Å². The Hall–Kier alpha value is -1.68. The Morgan fingerprint density at radius 1 is 1.11 bits per heavy atom. The Balaban J connectivity index is 2.52. The Morgan fingerprint density at radius 2 is 1.67 bits per heavy atom. The van der Waals surface area contributed by atoms with E-state index in [1.807, 2.05) is 0 Å². The van der Waals surface area contributed by atoms with Crippen LogP contribution in [0.4, 0.5) is 13.2 Å². The van der Waals surface area contributed by atoms with E-state index in [4.69, 9.17) is 15.2 Å². The first-order chi connectivity index (χ1) is 12.6. The number of carbonyl (C=O) groups is 1. The van der Waals surface area contributed by atoms with E-state index < -0.39 is 23.6 Å². The van der Waals surface area contributed by atoms with Crippen LogP contribution >= 0.6 is 0 Å². The molecule has 154 valence electrons. The van der Waals surface area contributed by atoms with Crippen molar-refractivity contribution in [2.45, 2.75) is 31.5 Å². The lowest BCUT2D eigenvalue weighted by atomic mass is 9.84. The van der Waals surface area contributed by atoms with Crippen molar-refractivity contribution in [2.24, 2.45) is 5.73 Å². The van der Waals surface area contributed by atoms with Gasteiger partial charge in [0.15, 0.2) is 0 Å². The van der Waals surface area contributed by atoms with Crippen molar-refractivity contribution in [3.63, 3.8) is 0 Å². The molecule has 1 aromatic carbocycles. The van der Waals surface area contributed by atoms with Crippen LogP contribution in [0, 0.1) is 0 Å². The zero-order valence-corrected chi connectivity index (χ0v) is 15.5. The normalized spacial score (nSPS) is 13.4. The van der Waals surface area contributed by atoms with Gasteiger partial charge in [0.2, 0.25) is 0 Å². The second-order valence-electron chi connectivity index (χ2n) is 6.52. The predicted octanol–water partition coefficient (Wildman–Crippen LogP) is 1.83. The molecule has 1 atom stereocenters. The van der Waals surface area contributed by atoms with Crippen molar-refractivity contribution >= 4 is 5.91 Å². The van der Waals surface area contributed by atoms with Gasteiger partial charge in [-0.2, -0.15) is 13.2 Å². The van der Waals surface area contributed by atoms with Gasteiger partial charge in [-0.1, -0.05) is 12.1 Å². The molecule has 1 rings (SSSR count). The maximum Gasteiger partial charge on any atom is 0.398 e. The molecule has 0 saturated carbocycles. The van der Waals surface area contributed by atoms with E-state index in [1.165, 1.54) is 24.3 Å². The number of carbonyl (C=O) groups excluding carboxylic acids is 1. The number of halogens is 3. The van der Waals surface area contributed by atoms with E-state index in [0.717, 1.165) is 13.8 Å². The van der Waals surface area contributed by atoms with Crippen molar-refractivity contribution in [3.05, 3.63) is 35.4 Å². The number of rotatable bonds is 11. The number of alkyl halides is 3. The van der Waals surface area contributed by atoms with Gasteiger partial charge >= 0.3 is 6.18 Å². The van der Waals surface area contributed by atoms with E-state index in [9.17, 15) is 23.1 Å². The molecular weight excluding hydrogens is 365 g/mol. The monoisotopic (exact) mass is 392 g/mol. The molecule has 0 saturated heterocycles.